The lowest BCUT2D eigenvalue weighted by Gasteiger charge is -2.23. The summed E-state index contributed by atoms with van der Waals surface area (Å²) in [6.45, 7) is 0.177. The highest BCUT2D eigenvalue weighted by Gasteiger charge is 2.40. The van der Waals surface area contributed by atoms with Crippen molar-refractivity contribution < 1.29 is 19.8 Å². The molecular weight excluding hydrogens is 176 g/mol. The van der Waals surface area contributed by atoms with Crippen LogP contribution in [0.1, 0.15) is 12.8 Å². The van der Waals surface area contributed by atoms with Crippen LogP contribution in [-0.4, -0.2) is 45.8 Å². The predicted molar refractivity (Wildman–Crippen MR) is 43.4 cm³/mol. The number of amides is 1. The van der Waals surface area contributed by atoms with Crippen LogP contribution in [-0.2, 0) is 4.79 Å². The fourth-order valence-corrected chi connectivity index (χ4v) is 1.65. The molecule has 1 aliphatic rings. The third kappa shape index (κ3) is 1.72. The van der Waals surface area contributed by atoms with E-state index >= 15 is 0 Å². The van der Waals surface area contributed by atoms with Gasteiger partial charge in [-0.1, -0.05) is 0 Å². The fourth-order valence-electron chi connectivity index (χ4n) is 1.65. The van der Waals surface area contributed by atoms with Gasteiger partial charge in [0.1, 0.15) is 6.04 Å². The van der Waals surface area contributed by atoms with Crippen molar-refractivity contribution in [2.24, 2.45) is 5.73 Å². The van der Waals surface area contributed by atoms with Gasteiger partial charge in [0.2, 0.25) is 0 Å². The number of likely N-dealkylation sites (tertiary alicyclic amines) is 1. The summed E-state index contributed by atoms with van der Waals surface area (Å²) >= 11 is 0. The molecule has 0 aromatic rings. The van der Waals surface area contributed by atoms with Crippen molar-refractivity contribution in [2.45, 2.75) is 24.9 Å². The molecule has 1 heterocycles. The van der Waals surface area contributed by atoms with Gasteiger partial charge >= 0.3 is 12.1 Å². The largest absolute Gasteiger partial charge is 0.480 e. The second kappa shape index (κ2) is 3.61. The molecule has 0 aliphatic carbocycles. The lowest BCUT2D eigenvalue weighted by molar-refractivity contribution is -0.141. The minimum atomic E-state index is -1.21. The molecule has 1 fully saturated rings. The van der Waals surface area contributed by atoms with E-state index in [1.807, 2.05) is 0 Å². The smallest absolute Gasteiger partial charge is 0.408 e. The Kier molecular flexibility index (Phi) is 2.72. The summed E-state index contributed by atoms with van der Waals surface area (Å²) in [5.41, 5.74) is 5.33. The van der Waals surface area contributed by atoms with E-state index in [1.54, 1.807) is 0 Å². The minimum absolute atomic E-state index is 0.177. The standard InChI is InChI=1S/C7H12N2O4/c8-3-4-1-2-5(6(10)11)9(4)7(12)13/h4-5H,1-3,8H2,(H,10,11)(H,12,13)/t4-,5+/m1/s1. The van der Waals surface area contributed by atoms with Crippen LogP contribution in [0.25, 0.3) is 0 Å². The number of carboxylic acids is 1. The van der Waals surface area contributed by atoms with Gasteiger partial charge in [-0.05, 0) is 12.8 Å². The Labute approximate surface area is 74.9 Å². The second-order valence-electron chi connectivity index (χ2n) is 3.01. The third-order valence-corrected chi connectivity index (χ3v) is 2.28. The van der Waals surface area contributed by atoms with E-state index in [1.165, 1.54) is 0 Å². The van der Waals surface area contributed by atoms with Gasteiger partial charge < -0.3 is 15.9 Å². The normalized spacial score (nSPS) is 27.6. The summed E-state index contributed by atoms with van der Waals surface area (Å²) in [4.78, 5) is 22.3. The number of carbonyl (C=O) groups is 2. The molecule has 13 heavy (non-hydrogen) atoms. The molecule has 0 spiro atoms. The third-order valence-electron chi connectivity index (χ3n) is 2.28. The number of rotatable bonds is 2. The van der Waals surface area contributed by atoms with E-state index in [4.69, 9.17) is 15.9 Å². The fraction of sp³-hybridized carbons (Fsp3) is 0.714. The van der Waals surface area contributed by atoms with Crippen LogP contribution in [0.2, 0.25) is 0 Å². The van der Waals surface area contributed by atoms with E-state index in [-0.39, 0.29) is 12.6 Å². The van der Waals surface area contributed by atoms with Gasteiger partial charge in [0.15, 0.2) is 0 Å². The summed E-state index contributed by atoms with van der Waals surface area (Å²) in [5, 5.41) is 17.4. The molecule has 0 unspecified atom stereocenters. The molecule has 74 valence electrons. The first-order chi connectivity index (χ1) is 6.07. The van der Waals surface area contributed by atoms with Gasteiger partial charge in [0.25, 0.3) is 0 Å². The quantitative estimate of drug-likeness (QED) is 0.544. The van der Waals surface area contributed by atoms with E-state index in [9.17, 15) is 9.59 Å². The number of nitrogens with two attached hydrogens (primary N) is 1. The van der Waals surface area contributed by atoms with Crippen LogP contribution in [0.15, 0.2) is 0 Å². The van der Waals surface area contributed by atoms with E-state index < -0.39 is 18.1 Å². The molecule has 4 N–H and O–H groups in total. The summed E-state index contributed by atoms with van der Waals surface area (Å²) < 4.78 is 0. The first-order valence-corrected chi connectivity index (χ1v) is 4.02. The molecule has 1 aliphatic heterocycles. The first-order valence-electron chi connectivity index (χ1n) is 4.02. The van der Waals surface area contributed by atoms with Crippen molar-refractivity contribution in [3.63, 3.8) is 0 Å². The van der Waals surface area contributed by atoms with Crippen molar-refractivity contribution in [3.8, 4) is 0 Å². The van der Waals surface area contributed by atoms with E-state index in [0.29, 0.717) is 12.8 Å². The van der Waals surface area contributed by atoms with Crippen molar-refractivity contribution in [3.05, 3.63) is 0 Å². The van der Waals surface area contributed by atoms with Crippen molar-refractivity contribution >= 4 is 12.1 Å². The maximum atomic E-state index is 10.7. The Morgan fingerprint density at radius 3 is 2.38 bits per heavy atom. The predicted octanol–water partition coefficient (Wildman–Crippen LogP) is -0.459. The zero-order valence-corrected chi connectivity index (χ0v) is 7.01. The highest BCUT2D eigenvalue weighted by atomic mass is 16.4. The Bertz CT molecular complexity index is 231. The van der Waals surface area contributed by atoms with Crippen LogP contribution < -0.4 is 5.73 Å². The van der Waals surface area contributed by atoms with Crippen molar-refractivity contribution in [1.29, 1.82) is 0 Å². The average molecular weight is 188 g/mol. The molecule has 6 heteroatoms. The van der Waals surface area contributed by atoms with Crippen LogP contribution >= 0.6 is 0 Å². The topological polar surface area (TPSA) is 104 Å². The van der Waals surface area contributed by atoms with Gasteiger partial charge in [-0.25, -0.2) is 9.59 Å². The van der Waals surface area contributed by atoms with Crippen LogP contribution in [0, 0.1) is 0 Å². The molecule has 0 saturated carbocycles. The number of carboxylic acid groups (broad SMARTS) is 2. The number of hydrogen-bond donors (Lipinski definition) is 3. The summed E-state index contributed by atoms with van der Waals surface area (Å²) in [5.74, 6) is -1.10. The average Bonchev–Trinajstić information content (AvgIpc) is 2.46. The number of nitrogens with zero attached hydrogens (tertiary/aromatic N) is 1. The SMILES string of the molecule is NC[C@H]1CC[C@@H](C(=O)O)N1C(=O)O. The van der Waals surface area contributed by atoms with E-state index in [2.05, 4.69) is 0 Å². The van der Waals surface area contributed by atoms with E-state index in [0.717, 1.165) is 4.90 Å². The van der Waals surface area contributed by atoms with Crippen LogP contribution in [0.3, 0.4) is 0 Å². The Morgan fingerprint density at radius 1 is 1.38 bits per heavy atom. The Morgan fingerprint density at radius 2 is 2.00 bits per heavy atom. The molecular formula is C7H12N2O4. The number of hydrogen-bond acceptors (Lipinski definition) is 3. The zero-order chi connectivity index (χ0) is 10.0. The number of aliphatic carboxylic acids is 1. The molecule has 0 aromatic heterocycles. The van der Waals surface area contributed by atoms with Crippen molar-refractivity contribution in [2.75, 3.05) is 6.54 Å². The van der Waals surface area contributed by atoms with Gasteiger partial charge in [-0.2, -0.15) is 0 Å². The van der Waals surface area contributed by atoms with Gasteiger partial charge in [0.05, 0.1) is 0 Å². The monoisotopic (exact) mass is 188 g/mol. The zero-order valence-electron chi connectivity index (χ0n) is 7.01. The first kappa shape index (κ1) is 9.79. The highest BCUT2D eigenvalue weighted by molar-refractivity contribution is 5.80. The van der Waals surface area contributed by atoms with Crippen molar-refractivity contribution in [1.82, 2.24) is 4.90 Å². The van der Waals surface area contributed by atoms with Crippen LogP contribution in [0.5, 0.6) is 0 Å². The lowest BCUT2D eigenvalue weighted by atomic mass is 10.2. The summed E-state index contributed by atoms with van der Waals surface area (Å²) in [7, 11) is 0. The molecule has 1 saturated heterocycles. The lowest BCUT2D eigenvalue weighted by Crippen LogP contribution is -2.46. The molecule has 0 radical (unpaired) electrons. The highest BCUT2D eigenvalue weighted by Crippen LogP contribution is 2.23. The molecule has 6 nitrogen and oxygen atoms in total. The molecule has 0 aromatic carbocycles. The van der Waals surface area contributed by atoms with Gasteiger partial charge in [-0.3, -0.25) is 4.90 Å². The van der Waals surface area contributed by atoms with Gasteiger partial charge in [0, 0.05) is 12.6 Å². The second-order valence-corrected chi connectivity index (χ2v) is 3.01. The minimum Gasteiger partial charge on any atom is -0.480 e. The molecule has 1 amide bonds. The van der Waals surface area contributed by atoms with Gasteiger partial charge in [-0.15, -0.1) is 0 Å². The maximum absolute atomic E-state index is 10.7. The molecule has 1 rings (SSSR count). The summed E-state index contributed by atoms with van der Waals surface area (Å²) in [6, 6.07) is -1.27. The molecule has 0 bridgehead atoms. The Balaban J connectivity index is 2.78. The Hall–Kier alpha value is -1.30. The summed E-state index contributed by atoms with van der Waals surface area (Å²) in [6.07, 6.45) is -0.330. The maximum Gasteiger partial charge on any atom is 0.408 e. The molecule has 2 atom stereocenters. The van der Waals surface area contributed by atoms with Crippen LogP contribution in [0.4, 0.5) is 4.79 Å².